The molecule has 0 amide bonds. The predicted molar refractivity (Wildman–Crippen MR) is 74.5 cm³/mol. The number of aromatic nitrogens is 4. The first-order valence-electron chi connectivity index (χ1n) is 6.23. The molecule has 9 heteroatoms. The molecule has 0 aromatic carbocycles. The Balaban J connectivity index is 2.41. The number of rotatable bonds is 6. The summed E-state index contributed by atoms with van der Waals surface area (Å²) in [5, 5.41) is 16.5. The lowest BCUT2D eigenvalue weighted by Gasteiger charge is -2.06. The molecule has 0 aliphatic heterocycles. The molecule has 0 fully saturated rings. The molecule has 0 aliphatic carbocycles. The summed E-state index contributed by atoms with van der Waals surface area (Å²) in [4.78, 5) is 15.3. The maximum Gasteiger partial charge on any atom is 0.358 e. The highest BCUT2D eigenvalue weighted by Crippen LogP contribution is 2.19. The van der Waals surface area contributed by atoms with Crippen molar-refractivity contribution in [1.82, 2.24) is 20.0 Å². The molecule has 0 aliphatic rings. The Morgan fingerprint density at radius 1 is 1.38 bits per heavy atom. The predicted octanol–water partition coefficient (Wildman–Crippen LogP) is 0.473. The lowest BCUT2D eigenvalue weighted by atomic mass is 10.2. The van der Waals surface area contributed by atoms with Gasteiger partial charge >= 0.3 is 5.97 Å². The van der Waals surface area contributed by atoms with Gasteiger partial charge in [-0.05, 0) is 12.1 Å². The summed E-state index contributed by atoms with van der Waals surface area (Å²) < 4.78 is 24.4. The second-order valence-electron chi connectivity index (χ2n) is 4.27. The zero-order chi connectivity index (χ0) is 15.5. The quantitative estimate of drug-likeness (QED) is 0.824. The Morgan fingerprint density at radius 3 is 2.71 bits per heavy atom. The molecule has 0 bridgehead atoms. The van der Waals surface area contributed by atoms with Crippen molar-refractivity contribution >= 4 is 15.8 Å². The van der Waals surface area contributed by atoms with E-state index in [1.807, 2.05) is 0 Å². The van der Waals surface area contributed by atoms with Crippen LogP contribution in [-0.4, -0.2) is 51.0 Å². The first-order chi connectivity index (χ1) is 9.94. The molecule has 0 unspecified atom stereocenters. The second kappa shape index (κ2) is 6.00. The van der Waals surface area contributed by atoms with Gasteiger partial charge in [-0.3, -0.25) is 4.98 Å². The van der Waals surface area contributed by atoms with Crippen LogP contribution >= 0.6 is 0 Å². The number of hydrogen-bond donors (Lipinski definition) is 1. The molecule has 2 heterocycles. The van der Waals surface area contributed by atoms with Crippen LogP contribution in [-0.2, 0) is 16.4 Å². The lowest BCUT2D eigenvalue weighted by molar-refractivity contribution is 0.0691. The average molecular weight is 310 g/mol. The van der Waals surface area contributed by atoms with Crippen LogP contribution in [0, 0.1) is 0 Å². The standard InChI is InChI=1S/C12H14N4O4S/c1-2-21(19,20)8-7-16-11(9-5-3-4-6-13-9)10(12(17)18)14-15-16/h3-6H,2,7-8H2,1H3,(H,17,18). The minimum absolute atomic E-state index is 0.0202. The van der Waals surface area contributed by atoms with Crippen molar-refractivity contribution in [2.75, 3.05) is 11.5 Å². The molecular formula is C12H14N4O4S. The number of carboxylic acid groups (broad SMARTS) is 1. The Bertz CT molecular complexity index is 740. The Labute approximate surface area is 121 Å². The molecule has 0 atom stereocenters. The van der Waals surface area contributed by atoms with Crippen molar-refractivity contribution in [2.24, 2.45) is 0 Å². The molecule has 8 nitrogen and oxygen atoms in total. The largest absolute Gasteiger partial charge is 0.476 e. The van der Waals surface area contributed by atoms with E-state index in [9.17, 15) is 13.2 Å². The van der Waals surface area contributed by atoms with Crippen LogP contribution in [0.3, 0.4) is 0 Å². The average Bonchev–Trinajstić information content (AvgIpc) is 2.90. The van der Waals surface area contributed by atoms with Crippen molar-refractivity contribution in [1.29, 1.82) is 0 Å². The minimum atomic E-state index is -3.18. The molecule has 21 heavy (non-hydrogen) atoms. The number of aromatic carboxylic acids is 1. The minimum Gasteiger partial charge on any atom is -0.476 e. The van der Waals surface area contributed by atoms with Gasteiger partial charge in [0.05, 0.1) is 18.0 Å². The molecule has 0 saturated carbocycles. The topological polar surface area (TPSA) is 115 Å². The van der Waals surface area contributed by atoms with Crippen LogP contribution in [0.4, 0.5) is 0 Å². The van der Waals surface area contributed by atoms with E-state index < -0.39 is 15.8 Å². The molecule has 0 radical (unpaired) electrons. The van der Waals surface area contributed by atoms with E-state index in [4.69, 9.17) is 5.11 Å². The monoisotopic (exact) mass is 310 g/mol. The normalized spacial score (nSPS) is 11.5. The van der Waals surface area contributed by atoms with Crippen LogP contribution in [0.5, 0.6) is 0 Å². The summed E-state index contributed by atoms with van der Waals surface area (Å²) in [5.41, 5.74) is 0.339. The maximum absolute atomic E-state index is 11.6. The summed E-state index contributed by atoms with van der Waals surface area (Å²) in [6.45, 7) is 1.58. The highest BCUT2D eigenvalue weighted by molar-refractivity contribution is 7.91. The van der Waals surface area contributed by atoms with Crippen molar-refractivity contribution < 1.29 is 18.3 Å². The van der Waals surface area contributed by atoms with Gasteiger partial charge in [0.25, 0.3) is 0 Å². The van der Waals surface area contributed by atoms with E-state index in [0.717, 1.165) is 0 Å². The number of nitrogens with zero attached hydrogens (tertiary/aromatic N) is 4. The summed E-state index contributed by atoms with van der Waals surface area (Å²) >= 11 is 0. The van der Waals surface area contributed by atoms with Gasteiger partial charge < -0.3 is 5.11 Å². The zero-order valence-corrected chi connectivity index (χ0v) is 12.1. The van der Waals surface area contributed by atoms with Gasteiger partial charge in [0.2, 0.25) is 0 Å². The summed E-state index contributed by atoms with van der Waals surface area (Å²) in [6.07, 6.45) is 1.51. The summed E-state index contributed by atoms with van der Waals surface area (Å²) in [5.74, 6) is -1.35. The molecule has 2 aromatic heterocycles. The van der Waals surface area contributed by atoms with E-state index in [-0.39, 0.29) is 29.4 Å². The lowest BCUT2D eigenvalue weighted by Crippen LogP contribution is -2.16. The highest BCUT2D eigenvalue weighted by Gasteiger charge is 2.22. The third-order valence-electron chi connectivity index (χ3n) is 2.90. The smallest absolute Gasteiger partial charge is 0.358 e. The molecule has 0 spiro atoms. The number of hydrogen-bond acceptors (Lipinski definition) is 6. The summed E-state index contributed by atoms with van der Waals surface area (Å²) in [7, 11) is -3.18. The van der Waals surface area contributed by atoms with Crippen LogP contribution in [0.25, 0.3) is 11.4 Å². The van der Waals surface area contributed by atoms with E-state index in [1.54, 1.807) is 25.1 Å². The molecule has 2 aromatic rings. The van der Waals surface area contributed by atoms with E-state index in [0.29, 0.717) is 5.69 Å². The molecule has 112 valence electrons. The van der Waals surface area contributed by atoms with Gasteiger partial charge in [0, 0.05) is 11.9 Å². The van der Waals surface area contributed by atoms with Gasteiger partial charge in [0.1, 0.15) is 5.69 Å². The third-order valence-corrected chi connectivity index (χ3v) is 4.58. The first-order valence-corrected chi connectivity index (χ1v) is 8.05. The van der Waals surface area contributed by atoms with Crippen molar-refractivity contribution in [3.8, 4) is 11.4 Å². The number of aryl methyl sites for hydroxylation is 1. The fourth-order valence-electron chi connectivity index (χ4n) is 1.74. The fraction of sp³-hybridized carbons (Fsp3) is 0.333. The molecular weight excluding hydrogens is 296 g/mol. The van der Waals surface area contributed by atoms with Crippen LogP contribution in [0.2, 0.25) is 0 Å². The Hall–Kier alpha value is -2.29. The SMILES string of the molecule is CCS(=O)(=O)CCn1nnc(C(=O)O)c1-c1ccccn1. The fourth-order valence-corrected chi connectivity index (χ4v) is 2.48. The van der Waals surface area contributed by atoms with Crippen molar-refractivity contribution in [3.05, 3.63) is 30.1 Å². The van der Waals surface area contributed by atoms with Gasteiger partial charge in [-0.1, -0.05) is 18.2 Å². The van der Waals surface area contributed by atoms with Gasteiger partial charge in [0.15, 0.2) is 15.5 Å². The van der Waals surface area contributed by atoms with Crippen molar-refractivity contribution in [3.63, 3.8) is 0 Å². The van der Waals surface area contributed by atoms with Gasteiger partial charge in [-0.25, -0.2) is 17.9 Å². The molecule has 0 saturated heterocycles. The van der Waals surface area contributed by atoms with Gasteiger partial charge in [-0.2, -0.15) is 0 Å². The maximum atomic E-state index is 11.6. The van der Waals surface area contributed by atoms with Crippen molar-refractivity contribution in [2.45, 2.75) is 13.5 Å². The van der Waals surface area contributed by atoms with Crippen LogP contribution < -0.4 is 0 Å². The highest BCUT2D eigenvalue weighted by atomic mass is 32.2. The number of sulfone groups is 1. The van der Waals surface area contributed by atoms with E-state index in [1.165, 1.54) is 10.9 Å². The van der Waals surface area contributed by atoms with E-state index in [2.05, 4.69) is 15.3 Å². The number of carboxylic acids is 1. The van der Waals surface area contributed by atoms with Crippen LogP contribution in [0.1, 0.15) is 17.4 Å². The number of carbonyl (C=O) groups is 1. The van der Waals surface area contributed by atoms with E-state index >= 15 is 0 Å². The first kappa shape index (κ1) is 15.1. The third kappa shape index (κ3) is 3.43. The van der Waals surface area contributed by atoms with Crippen LogP contribution in [0.15, 0.2) is 24.4 Å². The molecule has 2 rings (SSSR count). The zero-order valence-electron chi connectivity index (χ0n) is 11.3. The molecule has 1 N–H and O–H groups in total. The van der Waals surface area contributed by atoms with Gasteiger partial charge in [-0.15, -0.1) is 5.10 Å². The Kier molecular flexibility index (Phi) is 4.32. The second-order valence-corrected chi connectivity index (χ2v) is 6.74. The Morgan fingerprint density at radius 2 is 2.14 bits per heavy atom. The number of pyridine rings is 1. The summed E-state index contributed by atoms with van der Waals surface area (Å²) in [6, 6.07) is 5.02.